The van der Waals surface area contributed by atoms with Crippen molar-refractivity contribution in [3.63, 3.8) is 0 Å². The van der Waals surface area contributed by atoms with Crippen molar-refractivity contribution >= 4 is 5.57 Å². The van der Waals surface area contributed by atoms with E-state index in [0.29, 0.717) is 0 Å². The van der Waals surface area contributed by atoms with Gasteiger partial charge < -0.3 is 37.2 Å². The zero-order valence-electron chi connectivity index (χ0n) is 9.04. The minimum absolute atomic E-state index is 0. The fraction of sp³-hybridized carbons (Fsp3) is 0.0769. The Morgan fingerprint density at radius 1 is 0.941 bits per heavy atom. The van der Waals surface area contributed by atoms with Crippen molar-refractivity contribution in [2.24, 2.45) is 0 Å². The van der Waals surface area contributed by atoms with Crippen LogP contribution in [-0.2, 0) is 20.4 Å². The molecule has 0 bridgehead atoms. The fourth-order valence-electron chi connectivity index (χ4n) is 1.55. The van der Waals surface area contributed by atoms with E-state index < -0.39 is 0 Å². The van der Waals surface area contributed by atoms with Gasteiger partial charge in [0, 0.05) is 0 Å². The summed E-state index contributed by atoms with van der Waals surface area (Å²) in [6.45, 7) is 4.18. The third-order valence-electron chi connectivity index (χ3n) is 2.45. The second-order valence-corrected chi connectivity index (χ2v) is 4.72. The molecule has 1 aliphatic carbocycles. The number of hydrogen-bond donors (Lipinski definition) is 0. The minimum Gasteiger partial charge on any atom is -1.00 e. The molecule has 0 unspecified atom stereocenters. The molecule has 0 nitrogen and oxygen atoms in total. The summed E-state index contributed by atoms with van der Waals surface area (Å²) in [6, 6.07) is 10.3. The first-order valence-electron chi connectivity index (χ1n) is 4.59. The summed E-state index contributed by atoms with van der Waals surface area (Å²) in [6.07, 6.45) is 8.52. The summed E-state index contributed by atoms with van der Waals surface area (Å²) >= 11 is 2.18. The maximum atomic E-state index is 4.18. The first-order chi connectivity index (χ1) is 6.72. The minimum atomic E-state index is 0. The van der Waals surface area contributed by atoms with Gasteiger partial charge in [-0.15, -0.1) is 0 Å². The molecule has 0 fully saturated rings. The molecule has 17 heavy (non-hydrogen) atoms. The smallest absolute Gasteiger partial charge is 1.00 e. The van der Waals surface area contributed by atoms with Gasteiger partial charge in [0.2, 0.25) is 0 Å². The van der Waals surface area contributed by atoms with E-state index in [2.05, 4.69) is 63.5 Å². The van der Waals surface area contributed by atoms with Crippen LogP contribution >= 0.6 is 0 Å². The molecule has 4 heteroatoms. The molecule has 0 amide bonds. The third-order valence-corrected chi connectivity index (χ3v) is 3.44. The Morgan fingerprint density at radius 2 is 1.41 bits per heavy atom. The van der Waals surface area contributed by atoms with E-state index in [1.807, 2.05) is 18.2 Å². The molecule has 0 spiro atoms. The van der Waals surface area contributed by atoms with Crippen LogP contribution in [0.1, 0.15) is 5.56 Å². The van der Waals surface area contributed by atoms with E-state index in [1.165, 1.54) is 5.56 Å². The summed E-state index contributed by atoms with van der Waals surface area (Å²) in [7, 11) is 0. The maximum Gasteiger partial charge on any atom is -1.00 e. The van der Waals surface area contributed by atoms with Crippen LogP contribution in [0.2, 0.25) is 3.72 Å². The van der Waals surface area contributed by atoms with E-state index in [4.69, 9.17) is 0 Å². The predicted molar refractivity (Wildman–Crippen MR) is 56.4 cm³/mol. The molecule has 0 N–H and O–H groups in total. The second kappa shape index (κ2) is 8.18. The molecule has 0 aromatic heterocycles. The van der Waals surface area contributed by atoms with Crippen LogP contribution in [0.5, 0.6) is 0 Å². The molecular weight excluding hydrogens is 310 g/mol. The van der Waals surface area contributed by atoms with Gasteiger partial charge in [-0.1, -0.05) is 0 Å². The average Bonchev–Trinajstić information content (AvgIpc) is 2.67. The largest absolute Gasteiger partial charge is 1.00 e. The van der Waals surface area contributed by atoms with Gasteiger partial charge in [0.15, 0.2) is 0 Å². The van der Waals surface area contributed by atoms with Gasteiger partial charge in [0.1, 0.15) is 0 Å². The van der Waals surface area contributed by atoms with Gasteiger partial charge >= 0.3 is 96.5 Å². The predicted octanol–water partition coefficient (Wildman–Crippen LogP) is -5.46. The number of halogens is 3. The molecule has 0 aliphatic heterocycles. The van der Waals surface area contributed by atoms with Crippen LogP contribution in [0, 0.1) is 0 Å². The van der Waals surface area contributed by atoms with E-state index in [-0.39, 0.29) is 40.9 Å². The van der Waals surface area contributed by atoms with Gasteiger partial charge in [0.05, 0.1) is 0 Å². The van der Waals surface area contributed by atoms with Crippen LogP contribution in [0.25, 0.3) is 5.57 Å². The van der Waals surface area contributed by atoms with Crippen LogP contribution in [0.15, 0.2) is 61.2 Å². The summed E-state index contributed by atoms with van der Waals surface area (Å²) in [5.74, 6) is 0. The second-order valence-electron chi connectivity index (χ2n) is 3.43. The van der Waals surface area contributed by atoms with Crippen molar-refractivity contribution in [3.05, 3.63) is 66.8 Å². The zero-order chi connectivity index (χ0) is 10.0. The molecular formula is C13H11Cl3Ti. The summed E-state index contributed by atoms with van der Waals surface area (Å²) < 4.78 is 0.00134. The number of rotatable bonds is 2. The summed E-state index contributed by atoms with van der Waals surface area (Å²) in [5, 5.41) is 0. The SMILES string of the molecule is C=C(c1ccccc1)[C]1([Ti+3])C=CC=C1.[Cl-].[Cl-].[Cl-]. The van der Waals surface area contributed by atoms with E-state index in [0.717, 1.165) is 5.57 Å². The van der Waals surface area contributed by atoms with E-state index in [9.17, 15) is 0 Å². The summed E-state index contributed by atoms with van der Waals surface area (Å²) in [5.41, 5.74) is 2.37. The monoisotopic (exact) mass is 320 g/mol. The first-order valence-corrected chi connectivity index (χ1v) is 5.37. The maximum absolute atomic E-state index is 4.18. The van der Waals surface area contributed by atoms with Crippen LogP contribution in [-0.4, -0.2) is 0 Å². The van der Waals surface area contributed by atoms with Crippen molar-refractivity contribution in [1.82, 2.24) is 0 Å². The Morgan fingerprint density at radius 3 is 1.88 bits per heavy atom. The van der Waals surface area contributed by atoms with Gasteiger partial charge in [-0.05, 0) is 0 Å². The Kier molecular flexibility index (Phi) is 9.32. The molecule has 1 aromatic carbocycles. The van der Waals surface area contributed by atoms with Crippen LogP contribution in [0.3, 0.4) is 0 Å². The molecule has 0 saturated heterocycles. The summed E-state index contributed by atoms with van der Waals surface area (Å²) in [4.78, 5) is 0. The van der Waals surface area contributed by atoms with Crippen molar-refractivity contribution in [1.29, 1.82) is 0 Å². The van der Waals surface area contributed by atoms with Crippen molar-refractivity contribution in [3.8, 4) is 0 Å². The topological polar surface area (TPSA) is 0 Å². The van der Waals surface area contributed by atoms with Gasteiger partial charge in [-0.25, -0.2) is 0 Å². The Balaban J connectivity index is 0. The van der Waals surface area contributed by atoms with Crippen molar-refractivity contribution in [2.75, 3.05) is 0 Å². The van der Waals surface area contributed by atoms with Gasteiger partial charge in [0.25, 0.3) is 0 Å². The van der Waals surface area contributed by atoms with Crippen LogP contribution in [0.4, 0.5) is 0 Å². The first kappa shape index (κ1) is 19.4. The molecule has 0 saturated carbocycles. The number of allylic oxidation sites excluding steroid dienone is 5. The van der Waals surface area contributed by atoms with E-state index in [1.54, 1.807) is 0 Å². The molecule has 0 heterocycles. The zero-order valence-corrected chi connectivity index (χ0v) is 12.9. The fourth-order valence-corrected chi connectivity index (χ4v) is 2.08. The van der Waals surface area contributed by atoms with Crippen LogP contribution < -0.4 is 37.2 Å². The average molecular weight is 321 g/mol. The molecule has 0 atom stereocenters. The Bertz CT molecular complexity index is 398. The molecule has 1 aromatic rings. The standard InChI is InChI=1S/C13H11.3ClH.Ti/c1-11(13-9-5-6-10-13)12-7-3-2-4-8-12;;;;/h2-10H,1H2;3*1H;/q;;;;+3/p-3. The third kappa shape index (κ3) is 4.32. The molecule has 1 aliphatic rings. The van der Waals surface area contributed by atoms with Gasteiger partial charge in [-0.2, -0.15) is 0 Å². The Labute approximate surface area is 133 Å². The van der Waals surface area contributed by atoms with Crippen molar-refractivity contribution < 1.29 is 57.7 Å². The Hall–Kier alpha value is 0.0243. The normalized spacial score (nSPS) is 14.2. The van der Waals surface area contributed by atoms with E-state index >= 15 is 0 Å². The quantitative estimate of drug-likeness (QED) is 0.477. The molecule has 2 rings (SSSR count). The molecule has 0 radical (unpaired) electrons. The number of hydrogen-bond acceptors (Lipinski definition) is 0. The van der Waals surface area contributed by atoms with Crippen molar-refractivity contribution in [2.45, 2.75) is 3.72 Å². The number of benzene rings is 1. The van der Waals surface area contributed by atoms with Gasteiger partial charge in [-0.3, -0.25) is 0 Å². The molecule has 88 valence electrons.